The van der Waals surface area contributed by atoms with Gasteiger partial charge in [0, 0.05) is 37.5 Å². The van der Waals surface area contributed by atoms with Crippen molar-refractivity contribution in [2.75, 3.05) is 21.3 Å². The second-order valence-electron chi connectivity index (χ2n) is 10.1. The highest BCUT2D eigenvalue weighted by Crippen LogP contribution is 2.48. The second kappa shape index (κ2) is 15.0. The summed E-state index contributed by atoms with van der Waals surface area (Å²) >= 11 is 0. The number of carbonyl (C=O) groups excluding carboxylic acids is 2. The van der Waals surface area contributed by atoms with Crippen LogP contribution in [0.5, 0.6) is 5.75 Å². The highest BCUT2D eigenvalue weighted by Gasteiger charge is 2.59. The summed E-state index contributed by atoms with van der Waals surface area (Å²) in [4.78, 5) is 36.3. The zero-order valence-electron chi connectivity index (χ0n) is 24.4. The number of esters is 2. The molecule has 0 aromatic heterocycles. The van der Waals surface area contributed by atoms with Crippen LogP contribution < -0.4 is 4.74 Å². The number of aliphatic carboxylic acids is 1. The van der Waals surface area contributed by atoms with Crippen molar-refractivity contribution in [1.82, 2.24) is 0 Å². The van der Waals surface area contributed by atoms with Gasteiger partial charge < -0.3 is 33.5 Å². The summed E-state index contributed by atoms with van der Waals surface area (Å²) in [7, 11) is 4.27. The number of benzene rings is 1. The quantitative estimate of drug-likeness (QED) is 0.254. The Morgan fingerprint density at radius 2 is 1.82 bits per heavy atom. The molecule has 1 heterocycles. The average molecular weight is 563 g/mol. The SMILES string of the molecule is CCC(=O)O[C@H]1/C(=C/C(=O)OC)C[C@@H](C[C@H](CC)OCc2ccc(OC)cc2)O[C@@]1(OC)C(C)(C)/C=C/C(=O)O. The van der Waals surface area contributed by atoms with Crippen molar-refractivity contribution in [1.29, 1.82) is 0 Å². The molecule has 0 unspecified atom stereocenters. The minimum atomic E-state index is -1.67. The Morgan fingerprint density at radius 3 is 2.35 bits per heavy atom. The van der Waals surface area contributed by atoms with Crippen LogP contribution >= 0.6 is 0 Å². The summed E-state index contributed by atoms with van der Waals surface area (Å²) in [6, 6.07) is 7.59. The molecule has 0 spiro atoms. The minimum absolute atomic E-state index is 0.0771. The fraction of sp³-hybridized carbons (Fsp3) is 0.567. The number of carboxylic acid groups (broad SMARTS) is 1. The van der Waals surface area contributed by atoms with E-state index in [0.717, 1.165) is 17.4 Å². The van der Waals surface area contributed by atoms with Gasteiger partial charge in [0.1, 0.15) is 5.75 Å². The van der Waals surface area contributed by atoms with Gasteiger partial charge >= 0.3 is 17.9 Å². The van der Waals surface area contributed by atoms with Gasteiger partial charge in [0.25, 0.3) is 0 Å². The van der Waals surface area contributed by atoms with Crippen molar-refractivity contribution < 1.29 is 47.9 Å². The molecule has 1 aliphatic heterocycles. The third-order valence-electron chi connectivity index (χ3n) is 7.00. The Labute approximate surface area is 236 Å². The molecule has 1 saturated heterocycles. The Kier molecular flexibility index (Phi) is 12.4. The molecular weight excluding hydrogens is 520 g/mol. The number of rotatable bonds is 14. The number of methoxy groups -OCH3 is 3. The van der Waals surface area contributed by atoms with Crippen LogP contribution in [0.2, 0.25) is 0 Å². The molecule has 10 nitrogen and oxygen atoms in total. The predicted octanol–water partition coefficient (Wildman–Crippen LogP) is 4.60. The lowest BCUT2D eigenvalue weighted by molar-refractivity contribution is -0.338. The molecule has 0 radical (unpaired) electrons. The second-order valence-corrected chi connectivity index (χ2v) is 10.1. The van der Waals surface area contributed by atoms with Crippen molar-refractivity contribution in [2.45, 2.75) is 84.1 Å². The summed E-state index contributed by atoms with van der Waals surface area (Å²) in [5.41, 5.74) is 0.291. The van der Waals surface area contributed by atoms with Crippen LogP contribution in [-0.2, 0) is 44.7 Å². The lowest BCUT2D eigenvalue weighted by Crippen LogP contribution is -2.63. The first kappa shape index (κ1) is 33.0. The van der Waals surface area contributed by atoms with E-state index in [2.05, 4.69) is 0 Å². The number of carboxylic acids is 1. The standard InChI is InChI=1S/C30H42O10/c1-8-22(38-19-20-10-12-23(35-5)13-11-20)18-24-16-21(17-27(34)36-6)28(39-26(33)9-2)30(37-7,40-24)29(3,4)15-14-25(31)32/h10-15,17,22,24,28H,8-9,16,18-19H2,1-7H3,(H,31,32)/b15-14+,21-17+/t22-,24-,28-,30+/m0/s1. The molecule has 40 heavy (non-hydrogen) atoms. The summed E-state index contributed by atoms with van der Waals surface area (Å²) in [5.74, 6) is -3.22. The first-order chi connectivity index (χ1) is 18.9. The Hall–Kier alpha value is -3.21. The van der Waals surface area contributed by atoms with Gasteiger partial charge in [0.2, 0.25) is 5.79 Å². The van der Waals surface area contributed by atoms with Gasteiger partial charge in [-0.05, 0) is 36.1 Å². The van der Waals surface area contributed by atoms with E-state index in [0.29, 0.717) is 25.0 Å². The first-order valence-electron chi connectivity index (χ1n) is 13.3. The van der Waals surface area contributed by atoms with Gasteiger partial charge in [-0.15, -0.1) is 0 Å². The van der Waals surface area contributed by atoms with E-state index in [-0.39, 0.29) is 18.9 Å². The predicted molar refractivity (Wildman–Crippen MR) is 147 cm³/mol. The van der Waals surface area contributed by atoms with E-state index in [4.69, 9.17) is 28.4 Å². The zero-order chi connectivity index (χ0) is 29.9. The van der Waals surface area contributed by atoms with Gasteiger partial charge in [-0.1, -0.05) is 45.9 Å². The molecule has 1 aromatic rings. The molecule has 10 heteroatoms. The largest absolute Gasteiger partial charge is 0.497 e. The fourth-order valence-corrected chi connectivity index (χ4v) is 4.69. The molecular formula is C30H42O10. The third-order valence-corrected chi connectivity index (χ3v) is 7.00. The highest BCUT2D eigenvalue weighted by atomic mass is 16.7. The maximum atomic E-state index is 12.5. The minimum Gasteiger partial charge on any atom is -0.497 e. The number of ether oxygens (including phenoxy) is 6. The Bertz CT molecular complexity index is 1060. The summed E-state index contributed by atoms with van der Waals surface area (Å²) in [6.45, 7) is 7.46. The van der Waals surface area contributed by atoms with E-state index in [1.54, 1.807) is 27.9 Å². The van der Waals surface area contributed by atoms with E-state index >= 15 is 0 Å². The summed E-state index contributed by atoms with van der Waals surface area (Å²) < 4.78 is 34.7. The van der Waals surface area contributed by atoms with Crippen LogP contribution in [-0.4, -0.2) is 68.4 Å². The average Bonchev–Trinajstić information content (AvgIpc) is 2.95. The van der Waals surface area contributed by atoms with E-state index in [9.17, 15) is 19.5 Å². The van der Waals surface area contributed by atoms with Crippen LogP contribution in [0.25, 0.3) is 0 Å². The molecule has 4 atom stereocenters. The molecule has 1 N–H and O–H groups in total. The van der Waals surface area contributed by atoms with Gasteiger partial charge in [-0.2, -0.15) is 0 Å². The normalized spacial score (nSPS) is 23.1. The first-order valence-corrected chi connectivity index (χ1v) is 13.3. The molecule has 2 rings (SSSR count). The van der Waals surface area contributed by atoms with Gasteiger partial charge in [-0.3, -0.25) is 4.79 Å². The maximum absolute atomic E-state index is 12.5. The van der Waals surface area contributed by atoms with Crippen LogP contribution in [0, 0.1) is 5.41 Å². The Balaban J connectivity index is 2.46. The number of carbonyl (C=O) groups is 3. The van der Waals surface area contributed by atoms with E-state index < -0.39 is 41.3 Å². The molecule has 0 amide bonds. The lowest BCUT2D eigenvalue weighted by atomic mass is 9.74. The van der Waals surface area contributed by atoms with Gasteiger partial charge in [0.15, 0.2) is 6.10 Å². The third kappa shape index (κ3) is 8.39. The fourth-order valence-electron chi connectivity index (χ4n) is 4.69. The van der Waals surface area contributed by atoms with Crippen molar-refractivity contribution in [3.8, 4) is 5.75 Å². The monoisotopic (exact) mass is 562 g/mol. The Morgan fingerprint density at radius 1 is 1.15 bits per heavy atom. The molecule has 0 bridgehead atoms. The molecule has 0 saturated carbocycles. The maximum Gasteiger partial charge on any atom is 0.330 e. The molecule has 222 valence electrons. The number of hydrogen-bond donors (Lipinski definition) is 1. The van der Waals surface area contributed by atoms with Crippen molar-refractivity contribution in [3.05, 3.63) is 53.6 Å². The van der Waals surface area contributed by atoms with Crippen LogP contribution in [0.3, 0.4) is 0 Å². The lowest BCUT2D eigenvalue weighted by Gasteiger charge is -2.53. The van der Waals surface area contributed by atoms with Crippen LogP contribution in [0.15, 0.2) is 48.1 Å². The van der Waals surface area contributed by atoms with Crippen molar-refractivity contribution in [3.63, 3.8) is 0 Å². The van der Waals surface area contributed by atoms with Crippen molar-refractivity contribution >= 4 is 17.9 Å². The number of hydrogen-bond acceptors (Lipinski definition) is 9. The molecule has 1 aliphatic rings. The smallest absolute Gasteiger partial charge is 0.330 e. The van der Waals surface area contributed by atoms with Gasteiger partial charge in [-0.25, -0.2) is 9.59 Å². The van der Waals surface area contributed by atoms with Gasteiger partial charge in [0.05, 0.1) is 33.0 Å². The molecule has 1 fully saturated rings. The zero-order valence-corrected chi connectivity index (χ0v) is 24.4. The summed E-state index contributed by atoms with van der Waals surface area (Å²) in [5, 5.41) is 9.32. The van der Waals surface area contributed by atoms with Crippen LogP contribution in [0.4, 0.5) is 0 Å². The summed E-state index contributed by atoms with van der Waals surface area (Å²) in [6.07, 6.45) is 3.26. The molecule has 0 aliphatic carbocycles. The topological polar surface area (TPSA) is 127 Å². The van der Waals surface area contributed by atoms with Crippen molar-refractivity contribution in [2.24, 2.45) is 5.41 Å². The molecule has 1 aromatic carbocycles. The highest BCUT2D eigenvalue weighted by molar-refractivity contribution is 5.83. The van der Waals surface area contributed by atoms with E-state index in [1.807, 2.05) is 31.2 Å². The van der Waals surface area contributed by atoms with E-state index in [1.165, 1.54) is 26.4 Å². The van der Waals surface area contributed by atoms with Crippen LogP contribution in [0.1, 0.15) is 58.9 Å².